The van der Waals surface area contributed by atoms with Crippen LogP contribution in [0.15, 0.2) is 22.7 Å². The van der Waals surface area contributed by atoms with Gasteiger partial charge in [0, 0.05) is 11.1 Å². The van der Waals surface area contributed by atoms with Crippen LogP contribution in [0.4, 0.5) is 5.69 Å². The Bertz CT molecular complexity index is 597. The Morgan fingerprint density at radius 2 is 2.28 bits per heavy atom. The van der Waals surface area contributed by atoms with Gasteiger partial charge in [-0.3, -0.25) is 10.1 Å². The van der Waals surface area contributed by atoms with Crippen molar-refractivity contribution in [2.75, 3.05) is 0 Å². The summed E-state index contributed by atoms with van der Waals surface area (Å²) in [6, 6.07) is 4.10. The van der Waals surface area contributed by atoms with Gasteiger partial charge in [0.05, 0.1) is 4.92 Å². The molecule has 0 aliphatic rings. The smallest absolute Gasteiger partial charge is 0.283 e. The summed E-state index contributed by atoms with van der Waals surface area (Å²) in [6.45, 7) is 1.46. The maximum Gasteiger partial charge on any atom is 0.283 e. The van der Waals surface area contributed by atoms with Gasteiger partial charge in [-0.05, 0) is 19.1 Å². The van der Waals surface area contributed by atoms with Gasteiger partial charge in [0.25, 0.3) is 11.6 Å². The minimum Gasteiger partial charge on any atom is -0.385 e. The van der Waals surface area contributed by atoms with Gasteiger partial charge in [-0.15, -0.1) is 0 Å². The molecule has 18 heavy (non-hydrogen) atoms. The molecule has 0 amide bonds. The highest BCUT2D eigenvalue weighted by Gasteiger charge is 2.21. The highest BCUT2D eigenvalue weighted by atomic mass is 35.5. The Kier molecular flexibility index (Phi) is 3.26. The van der Waals surface area contributed by atoms with Crippen LogP contribution in [-0.2, 0) is 0 Å². The number of aliphatic hydroxyl groups excluding tert-OH is 1. The third-order valence-corrected chi connectivity index (χ3v) is 2.44. The maximum absolute atomic E-state index is 10.9. The highest BCUT2D eigenvalue weighted by molar-refractivity contribution is 6.30. The number of aromatic nitrogens is 2. The number of halogens is 1. The Balaban J connectivity index is 2.52. The summed E-state index contributed by atoms with van der Waals surface area (Å²) in [7, 11) is 0. The van der Waals surface area contributed by atoms with E-state index in [0.29, 0.717) is 0 Å². The predicted molar refractivity (Wildman–Crippen MR) is 62.0 cm³/mol. The first kappa shape index (κ1) is 12.5. The molecule has 2 aromatic rings. The zero-order chi connectivity index (χ0) is 13.3. The lowest BCUT2D eigenvalue weighted by Gasteiger charge is -1.98. The van der Waals surface area contributed by atoms with Crippen LogP contribution in [0.3, 0.4) is 0 Å². The van der Waals surface area contributed by atoms with Gasteiger partial charge in [0.15, 0.2) is 5.82 Å². The van der Waals surface area contributed by atoms with Gasteiger partial charge >= 0.3 is 0 Å². The summed E-state index contributed by atoms with van der Waals surface area (Å²) < 4.78 is 4.87. The van der Waals surface area contributed by atoms with E-state index in [0.717, 1.165) is 0 Å². The van der Waals surface area contributed by atoms with Crippen LogP contribution in [0, 0.1) is 10.1 Å². The molecule has 1 atom stereocenters. The molecule has 1 unspecified atom stereocenters. The quantitative estimate of drug-likeness (QED) is 0.678. The van der Waals surface area contributed by atoms with E-state index in [-0.39, 0.29) is 28.0 Å². The largest absolute Gasteiger partial charge is 0.385 e. The van der Waals surface area contributed by atoms with Crippen molar-refractivity contribution in [1.29, 1.82) is 0 Å². The van der Waals surface area contributed by atoms with Crippen LogP contribution in [0.1, 0.15) is 18.9 Å². The second kappa shape index (κ2) is 4.71. The van der Waals surface area contributed by atoms with Crippen LogP contribution < -0.4 is 0 Å². The van der Waals surface area contributed by atoms with Crippen molar-refractivity contribution in [2.24, 2.45) is 0 Å². The number of nitro groups is 1. The van der Waals surface area contributed by atoms with E-state index in [4.69, 9.17) is 16.1 Å². The van der Waals surface area contributed by atoms with Gasteiger partial charge in [0.2, 0.25) is 0 Å². The lowest BCUT2D eigenvalue weighted by atomic mass is 10.2. The molecule has 1 aromatic heterocycles. The number of nitrogens with zero attached hydrogens (tertiary/aromatic N) is 3. The van der Waals surface area contributed by atoms with Crippen molar-refractivity contribution in [1.82, 2.24) is 10.1 Å². The van der Waals surface area contributed by atoms with Crippen molar-refractivity contribution >= 4 is 17.3 Å². The fourth-order valence-electron chi connectivity index (χ4n) is 1.35. The molecule has 0 radical (unpaired) electrons. The van der Waals surface area contributed by atoms with Gasteiger partial charge in [-0.1, -0.05) is 16.8 Å². The summed E-state index contributed by atoms with van der Waals surface area (Å²) >= 11 is 5.69. The summed E-state index contributed by atoms with van der Waals surface area (Å²) in [5.41, 5.74) is -0.0768. The molecular formula is C10H8ClN3O4. The molecule has 1 heterocycles. The molecule has 94 valence electrons. The first-order valence-electron chi connectivity index (χ1n) is 4.95. The monoisotopic (exact) mass is 269 g/mol. The third kappa shape index (κ3) is 2.31. The molecule has 0 spiro atoms. The Morgan fingerprint density at radius 1 is 1.56 bits per heavy atom. The average molecular weight is 270 g/mol. The zero-order valence-corrected chi connectivity index (χ0v) is 9.96. The number of benzene rings is 1. The van der Waals surface area contributed by atoms with Gasteiger partial charge in [0.1, 0.15) is 11.7 Å². The fourth-order valence-corrected chi connectivity index (χ4v) is 1.52. The number of aliphatic hydroxyl groups is 1. The molecule has 0 saturated carbocycles. The van der Waals surface area contributed by atoms with E-state index in [9.17, 15) is 15.2 Å². The molecule has 0 bridgehead atoms. The minimum absolute atomic E-state index is 0.0331. The number of hydrogen-bond acceptors (Lipinski definition) is 6. The summed E-state index contributed by atoms with van der Waals surface area (Å²) in [6.07, 6.45) is -0.908. The molecule has 0 aliphatic heterocycles. The maximum atomic E-state index is 10.9. The van der Waals surface area contributed by atoms with Gasteiger partial charge in [-0.25, -0.2) is 0 Å². The topological polar surface area (TPSA) is 102 Å². The summed E-state index contributed by atoms with van der Waals surface area (Å²) in [4.78, 5) is 14.2. The molecule has 1 aromatic carbocycles. The zero-order valence-electron chi connectivity index (χ0n) is 9.20. The molecular weight excluding hydrogens is 262 g/mol. The normalized spacial score (nSPS) is 12.4. The average Bonchev–Trinajstić information content (AvgIpc) is 2.78. The van der Waals surface area contributed by atoms with Crippen LogP contribution in [0.25, 0.3) is 11.5 Å². The van der Waals surface area contributed by atoms with E-state index >= 15 is 0 Å². The first-order chi connectivity index (χ1) is 8.49. The molecule has 0 aliphatic carbocycles. The minimum atomic E-state index is -0.908. The Morgan fingerprint density at radius 3 is 2.83 bits per heavy atom. The molecule has 0 fully saturated rings. The second-order valence-corrected chi connectivity index (χ2v) is 3.99. The van der Waals surface area contributed by atoms with Crippen molar-refractivity contribution in [3.05, 3.63) is 39.2 Å². The van der Waals surface area contributed by atoms with Crippen LogP contribution in [-0.4, -0.2) is 20.2 Å². The van der Waals surface area contributed by atoms with Gasteiger partial charge in [-0.2, -0.15) is 4.98 Å². The SMILES string of the molecule is CC(O)c1noc(-c2ccc(Cl)cc2[N+](=O)[O-])n1. The Labute approximate surface area is 106 Å². The number of rotatable bonds is 3. The van der Waals surface area contributed by atoms with Crippen molar-refractivity contribution in [3.63, 3.8) is 0 Å². The standard InChI is InChI=1S/C10H8ClN3O4/c1-5(15)9-12-10(18-13-9)7-3-2-6(11)4-8(7)14(16)17/h2-5,15H,1H3. The predicted octanol–water partition coefficient (Wildman–Crippen LogP) is 2.35. The summed E-state index contributed by atoms with van der Waals surface area (Å²) in [5, 5.41) is 23.9. The van der Waals surface area contributed by atoms with E-state index in [2.05, 4.69) is 10.1 Å². The first-order valence-corrected chi connectivity index (χ1v) is 5.33. The van der Waals surface area contributed by atoms with E-state index < -0.39 is 11.0 Å². The van der Waals surface area contributed by atoms with Crippen molar-refractivity contribution in [3.8, 4) is 11.5 Å². The van der Waals surface area contributed by atoms with Crippen molar-refractivity contribution < 1.29 is 14.6 Å². The highest BCUT2D eigenvalue weighted by Crippen LogP contribution is 2.31. The summed E-state index contributed by atoms with van der Waals surface area (Å²) in [5.74, 6) is 0.0310. The number of nitro benzene ring substituents is 1. The van der Waals surface area contributed by atoms with E-state index in [1.807, 2.05) is 0 Å². The fraction of sp³-hybridized carbons (Fsp3) is 0.200. The third-order valence-electron chi connectivity index (χ3n) is 2.20. The molecule has 2 rings (SSSR count). The number of hydrogen-bond donors (Lipinski definition) is 1. The van der Waals surface area contributed by atoms with Crippen LogP contribution in [0.2, 0.25) is 5.02 Å². The van der Waals surface area contributed by atoms with Crippen molar-refractivity contribution in [2.45, 2.75) is 13.0 Å². The Hall–Kier alpha value is -1.99. The molecule has 1 N–H and O–H groups in total. The molecule has 8 heteroatoms. The molecule has 7 nitrogen and oxygen atoms in total. The van der Waals surface area contributed by atoms with E-state index in [1.165, 1.54) is 25.1 Å². The van der Waals surface area contributed by atoms with Crippen LogP contribution in [0.5, 0.6) is 0 Å². The lowest BCUT2D eigenvalue weighted by molar-refractivity contribution is -0.384. The lowest BCUT2D eigenvalue weighted by Crippen LogP contribution is -1.94. The second-order valence-electron chi connectivity index (χ2n) is 3.55. The molecule has 0 saturated heterocycles. The van der Waals surface area contributed by atoms with Gasteiger partial charge < -0.3 is 9.63 Å². The van der Waals surface area contributed by atoms with Crippen LogP contribution >= 0.6 is 11.6 Å². The van der Waals surface area contributed by atoms with E-state index in [1.54, 1.807) is 0 Å².